The lowest BCUT2D eigenvalue weighted by Crippen LogP contribution is -2.50. The summed E-state index contributed by atoms with van der Waals surface area (Å²) < 4.78 is 19.5. The Bertz CT molecular complexity index is 855. The van der Waals surface area contributed by atoms with E-state index in [1.54, 1.807) is 6.07 Å². The number of carbonyl (C=O) groups excluding carboxylic acids is 1. The minimum absolute atomic E-state index is 0.0143. The van der Waals surface area contributed by atoms with Gasteiger partial charge in [-0.2, -0.15) is 0 Å². The van der Waals surface area contributed by atoms with E-state index in [0.29, 0.717) is 24.8 Å². The van der Waals surface area contributed by atoms with Gasteiger partial charge in [-0.3, -0.25) is 4.79 Å². The van der Waals surface area contributed by atoms with Crippen LogP contribution in [0.1, 0.15) is 49.7 Å². The number of carbonyl (C=O) groups is 1. The molecule has 1 heterocycles. The van der Waals surface area contributed by atoms with Crippen molar-refractivity contribution in [1.29, 1.82) is 0 Å². The molecule has 2 aromatic rings. The molecule has 1 N–H and O–H groups in total. The van der Waals surface area contributed by atoms with Crippen LogP contribution in [0.15, 0.2) is 48.5 Å². The summed E-state index contributed by atoms with van der Waals surface area (Å²) in [6.07, 6.45) is 5.20. The van der Waals surface area contributed by atoms with E-state index in [9.17, 15) is 9.18 Å². The zero-order chi connectivity index (χ0) is 20.3. The Morgan fingerprint density at radius 2 is 1.69 bits per heavy atom. The molecule has 0 radical (unpaired) electrons. The highest BCUT2D eigenvalue weighted by atomic mass is 35.5. The molecule has 5 heteroatoms. The summed E-state index contributed by atoms with van der Waals surface area (Å²) in [7, 11) is 0. The van der Waals surface area contributed by atoms with Crippen LogP contribution in [0.5, 0.6) is 0 Å². The van der Waals surface area contributed by atoms with Crippen LogP contribution in [0.4, 0.5) is 4.39 Å². The fourth-order valence-corrected chi connectivity index (χ4v) is 5.09. The number of halogens is 2. The zero-order valence-corrected chi connectivity index (χ0v) is 17.3. The molecule has 3 nitrogen and oxygen atoms in total. The van der Waals surface area contributed by atoms with Crippen LogP contribution in [0.2, 0.25) is 5.02 Å². The summed E-state index contributed by atoms with van der Waals surface area (Å²) in [6.45, 7) is 1.90. The van der Waals surface area contributed by atoms with E-state index in [1.165, 1.54) is 17.7 Å². The first-order chi connectivity index (χ1) is 14.0. The molecule has 29 heavy (non-hydrogen) atoms. The highest BCUT2D eigenvalue weighted by molar-refractivity contribution is 6.30. The lowest BCUT2D eigenvalue weighted by molar-refractivity contribution is -0.127. The summed E-state index contributed by atoms with van der Waals surface area (Å²) >= 11 is 6.08. The molecule has 1 aliphatic heterocycles. The largest absolute Gasteiger partial charge is 0.381 e. The van der Waals surface area contributed by atoms with Gasteiger partial charge >= 0.3 is 0 Å². The molecule has 154 valence electrons. The van der Waals surface area contributed by atoms with Crippen LogP contribution in [-0.2, 0) is 20.4 Å². The number of nitrogens with one attached hydrogen (secondary N) is 1. The maximum atomic E-state index is 13.9. The van der Waals surface area contributed by atoms with Gasteiger partial charge in [0.05, 0.1) is 5.41 Å². The lowest BCUT2D eigenvalue weighted by Gasteiger charge is -2.39. The molecule has 2 fully saturated rings. The molecule has 2 aromatic carbocycles. The smallest absolute Gasteiger partial charge is 0.230 e. The average molecular weight is 416 g/mol. The summed E-state index contributed by atoms with van der Waals surface area (Å²) in [5, 5.41) is 3.96. The topological polar surface area (TPSA) is 38.3 Å². The summed E-state index contributed by atoms with van der Waals surface area (Å²) in [5.41, 5.74) is 1.17. The molecule has 0 bridgehead atoms. The minimum Gasteiger partial charge on any atom is -0.381 e. The van der Waals surface area contributed by atoms with Crippen LogP contribution < -0.4 is 5.32 Å². The van der Waals surface area contributed by atoms with E-state index >= 15 is 0 Å². The second kappa shape index (κ2) is 8.45. The molecule has 1 saturated heterocycles. The standard InChI is InChI=1S/C24H27ClFNO2/c25-20-8-6-18(7-9-20)23(12-14-29-15-13-23)17-27-22(28)24(10-1-2-11-24)19-4-3-5-21(26)16-19/h3-9,16H,1-2,10-15,17H2,(H,27,28). The normalized spacial score (nSPS) is 20.3. The molecular weight excluding hydrogens is 389 g/mol. The van der Waals surface area contributed by atoms with Crippen molar-refractivity contribution in [3.8, 4) is 0 Å². The van der Waals surface area contributed by atoms with Crippen molar-refractivity contribution in [2.75, 3.05) is 19.8 Å². The van der Waals surface area contributed by atoms with E-state index < -0.39 is 5.41 Å². The van der Waals surface area contributed by atoms with Crippen LogP contribution >= 0.6 is 11.6 Å². The van der Waals surface area contributed by atoms with E-state index in [-0.39, 0.29) is 17.1 Å². The quantitative estimate of drug-likeness (QED) is 0.732. The van der Waals surface area contributed by atoms with Gasteiger partial charge in [0.15, 0.2) is 0 Å². The fourth-order valence-electron chi connectivity index (χ4n) is 4.96. The van der Waals surface area contributed by atoms with Crippen molar-refractivity contribution < 1.29 is 13.9 Å². The van der Waals surface area contributed by atoms with Gasteiger partial charge in [-0.15, -0.1) is 0 Å². The van der Waals surface area contributed by atoms with Gasteiger partial charge in [-0.05, 0) is 61.1 Å². The monoisotopic (exact) mass is 415 g/mol. The second-order valence-corrected chi connectivity index (χ2v) is 8.82. The van der Waals surface area contributed by atoms with E-state index in [4.69, 9.17) is 16.3 Å². The predicted molar refractivity (Wildman–Crippen MR) is 113 cm³/mol. The molecule has 1 amide bonds. The summed E-state index contributed by atoms with van der Waals surface area (Å²) in [5.74, 6) is -0.274. The summed E-state index contributed by atoms with van der Waals surface area (Å²) in [4.78, 5) is 13.5. The van der Waals surface area contributed by atoms with E-state index in [0.717, 1.165) is 44.1 Å². The number of hydrogen-bond donors (Lipinski definition) is 1. The molecule has 1 saturated carbocycles. The van der Waals surface area contributed by atoms with Gasteiger partial charge in [0.2, 0.25) is 5.91 Å². The molecular formula is C24H27ClFNO2. The Kier molecular flexibility index (Phi) is 5.93. The Morgan fingerprint density at radius 3 is 2.34 bits per heavy atom. The Labute approximate surface area is 176 Å². The van der Waals surface area contributed by atoms with Crippen molar-refractivity contribution in [3.05, 3.63) is 70.5 Å². The van der Waals surface area contributed by atoms with Crippen LogP contribution in [0, 0.1) is 5.82 Å². The van der Waals surface area contributed by atoms with E-state index in [2.05, 4.69) is 17.4 Å². The van der Waals surface area contributed by atoms with E-state index in [1.807, 2.05) is 18.2 Å². The molecule has 0 atom stereocenters. The zero-order valence-electron chi connectivity index (χ0n) is 16.6. The third kappa shape index (κ3) is 4.06. The van der Waals surface area contributed by atoms with Gasteiger partial charge in [0.1, 0.15) is 5.82 Å². The number of amides is 1. The van der Waals surface area contributed by atoms with Crippen molar-refractivity contribution in [1.82, 2.24) is 5.32 Å². The first-order valence-corrected chi connectivity index (χ1v) is 10.8. The molecule has 4 rings (SSSR count). The molecule has 0 unspecified atom stereocenters. The SMILES string of the molecule is O=C(NCC1(c2ccc(Cl)cc2)CCOCC1)C1(c2cccc(F)c2)CCCC1. The highest BCUT2D eigenvalue weighted by Crippen LogP contribution is 2.42. The van der Waals surface area contributed by atoms with Crippen molar-refractivity contribution in [2.24, 2.45) is 0 Å². The third-order valence-electron chi connectivity index (χ3n) is 6.76. The van der Waals surface area contributed by atoms with Crippen LogP contribution in [-0.4, -0.2) is 25.7 Å². The molecule has 0 spiro atoms. The van der Waals surface area contributed by atoms with Crippen LogP contribution in [0.3, 0.4) is 0 Å². The summed E-state index contributed by atoms with van der Waals surface area (Å²) in [6, 6.07) is 14.5. The van der Waals surface area contributed by atoms with Gasteiger partial charge in [-0.1, -0.05) is 48.7 Å². The number of hydrogen-bond acceptors (Lipinski definition) is 2. The number of benzene rings is 2. The third-order valence-corrected chi connectivity index (χ3v) is 7.01. The number of ether oxygens (including phenoxy) is 1. The van der Waals surface area contributed by atoms with Crippen molar-refractivity contribution in [2.45, 2.75) is 49.4 Å². The predicted octanol–water partition coefficient (Wildman–Crippen LogP) is 5.16. The maximum Gasteiger partial charge on any atom is 0.230 e. The van der Waals surface area contributed by atoms with Crippen molar-refractivity contribution in [3.63, 3.8) is 0 Å². The second-order valence-electron chi connectivity index (χ2n) is 8.38. The van der Waals surface area contributed by atoms with Gasteiger partial charge in [-0.25, -0.2) is 4.39 Å². The highest BCUT2D eigenvalue weighted by Gasteiger charge is 2.44. The van der Waals surface area contributed by atoms with Gasteiger partial charge in [0, 0.05) is 30.2 Å². The fraction of sp³-hybridized carbons (Fsp3) is 0.458. The Balaban J connectivity index is 1.58. The minimum atomic E-state index is -0.631. The Hall–Kier alpha value is -1.91. The molecule has 2 aliphatic rings. The van der Waals surface area contributed by atoms with Gasteiger partial charge < -0.3 is 10.1 Å². The van der Waals surface area contributed by atoms with Gasteiger partial charge in [0.25, 0.3) is 0 Å². The number of rotatable bonds is 5. The van der Waals surface area contributed by atoms with Crippen molar-refractivity contribution >= 4 is 17.5 Å². The lowest BCUT2D eigenvalue weighted by atomic mass is 9.73. The average Bonchev–Trinajstić information content (AvgIpc) is 3.24. The molecule has 1 aliphatic carbocycles. The Morgan fingerprint density at radius 1 is 1.00 bits per heavy atom. The first-order valence-electron chi connectivity index (χ1n) is 10.4. The first kappa shape index (κ1) is 20.4. The van der Waals surface area contributed by atoms with Crippen LogP contribution in [0.25, 0.3) is 0 Å². The maximum absolute atomic E-state index is 13.9. The molecule has 0 aromatic heterocycles.